The molecule has 0 unspecified atom stereocenters. The molecule has 3 N–H and O–H groups in total. The van der Waals surface area contributed by atoms with Crippen molar-refractivity contribution in [3.8, 4) is 11.1 Å². The third-order valence-corrected chi connectivity index (χ3v) is 3.46. The molecule has 0 saturated carbocycles. The number of anilines is 1. The van der Waals surface area contributed by atoms with Gasteiger partial charge in [-0.1, -0.05) is 17.3 Å². The van der Waals surface area contributed by atoms with E-state index in [0.29, 0.717) is 27.6 Å². The Labute approximate surface area is 124 Å². The Morgan fingerprint density at radius 3 is 2.55 bits per heavy atom. The lowest BCUT2D eigenvalue weighted by Gasteiger charge is -2.06. The summed E-state index contributed by atoms with van der Waals surface area (Å²) in [6, 6.07) is 12.4. The monoisotopic (exact) mass is 293 g/mol. The van der Waals surface area contributed by atoms with Crippen molar-refractivity contribution in [1.82, 2.24) is 0 Å². The lowest BCUT2D eigenvalue weighted by molar-refractivity contribution is 0.302. The Balaban J connectivity index is 2.58. The minimum atomic E-state index is -0.193. The molecule has 0 aliphatic heterocycles. The molecule has 0 fully saturated rings. The third-order valence-electron chi connectivity index (χ3n) is 3.46. The smallest absolute Gasteiger partial charge is 0.179 e. The van der Waals surface area contributed by atoms with Crippen molar-refractivity contribution in [2.75, 3.05) is 5.73 Å². The van der Waals surface area contributed by atoms with Gasteiger partial charge in [-0.2, -0.15) is 0 Å². The second-order valence-corrected chi connectivity index (χ2v) is 4.84. The van der Waals surface area contributed by atoms with Gasteiger partial charge in [0.05, 0.1) is 0 Å². The van der Waals surface area contributed by atoms with Crippen LogP contribution >= 0.6 is 0 Å². The van der Waals surface area contributed by atoms with Gasteiger partial charge in [-0.15, -0.1) is 4.91 Å². The molecule has 2 aliphatic rings. The fraction of sp³-hybridized carbons (Fsp3) is 0. The second-order valence-electron chi connectivity index (χ2n) is 4.84. The lowest BCUT2D eigenvalue weighted by atomic mass is 10.0. The van der Waals surface area contributed by atoms with Gasteiger partial charge in [0, 0.05) is 16.6 Å². The number of hydrogen-bond donors (Lipinski definition) is 2. The molecule has 1 aromatic carbocycles. The first-order valence-corrected chi connectivity index (χ1v) is 6.45. The SMILES string of the molecule is Nc1cc2ccc(=O)cc-2c(=NO)cc2ccc(N=O)cc12. The molecule has 0 amide bonds. The summed E-state index contributed by atoms with van der Waals surface area (Å²) in [5.74, 6) is 0. The molecule has 0 saturated heterocycles. The highest BCUT2D eigenvalue weighted by molar-refractivity contribution is 5.95. The number of nitroso groups, excluding NO2 is 1. The average Bonchev–Trinajstić information content (AvgIpc) is 2.53. The Morgan fingerprint density at radius 2 is 1.82 bits per heavy atom. The maximum Gasteiger partial charge on any atom is 0.179 e. The van der Waals surface area contributed by atoms with Crippen LogP contribution in [0.4, 0.5) is 11.4 Å². The summed E-state index contributed by atoms with van der Waals surface area (Å²) in [6.07, 6.45) is 0. The predicted molar refractivity (Wildman–Crippen MR) is 84.1 cm³/mol. The van der Waals surface area contributed by atoms with Crippen molar-refractivity contribution in [1.29, 1.82) is 0 Å². The molecule has 1 aromatic rings. The van der Waals surface area contributed by atoms with Crippen molar-refractivity contribution < 1.29 is 5.21 Å². The normalized spacial score (nSPS) is 11.7. The summed E-state index contributed by atoms with van der Waals surface area (Å²) >= 11 is 0. The molecule has 6 nitrogen and oxygen atoms in total. The Kier molecular flexibility index (Phi) is 3.27. The van der Waals surface area contributed by atoms with E-state index in [-0.39, 0.29) is 16.5 Å². The second kappa shape index (κ2) is 5.25. The average molecular weight is 293 g/mol. The van der Waals surface area contributed by atoms with E-state index in [1.165, 1.54) is 18.2 Å². The summed E-state index contributed by atoms with van der Waals surface area (Å²) in [5, 5.41) is 16.9. The lowest BCUT2D eigenvalue weighted by Crippen LogP contribution is -2.09. The van der Waals surface area contributed by atoms with Crippen molar-refractivity contribution >= 4 is 22.1 Å². The molecule has 6 heteroatoms. The standard InChI is InChI=1S/C16H11N3O3/c17-15-5-9-2-4-12(20)8-14(9)16(19-22)6-10-1-3-11(18-21)7-13(10)15/h1-8,22H,17H2. The van der Waals surface area contributed by atoms with E-state index in [4.69, 9.17) is 5.73 Å². The van der Waals surface area contributed by atoms with Crippen LogP contribution in [0.5, 0.6) is 0 Å². The van der Waals surface area contributed by atoms with E-state index in [1.54, 1.807) is 30.3 Å². The maximum absolute atomic E-state index is 11.6. The van der Waals surface area contributed by atoms with E-state index in [0.717, 1.165) is 0 Å². The molecule has 0 bridgehead atoms. The molecule has 0 heterocycles. The summed E-state index contributed by atoms with van der Waals surface area (Å²) in [5.41, 5.74) is 7.72. The first-order chi connectivity index (χ1) is 10.6. The van der Waals surface area contributed by atoms with Gasteiger partial charge in [-0.3, -0.25) is 4.79 Å². The van der Waals surface area contributed by atoms with E-state index in [1.807, 2.05) is 0 Å². The van der Waals surface area contributed by atoms with Gasteiger partial charge < -0.3 is 10.9 Å². The topological polar surface area (TPSA) is 105 Å². The molecule has 3 rings (SSSR count). The fourth-order valence-electron chi connectivity index (χ4n) is 2.41. The van der Waals surface area contributed by atoms with Crippen LogP contribution in [0.3, 0.4) is 0 Å². The zero-order valence-corrected chi connectivity index (χ0v) is 11.4. The van der Waals surface area contributed by atoms with Gasteiger partial charge in [0.1, 0.15) is 11.0 Å². The van der Waals surface area contributed by atoms with E-state index >= 15 is 0 Å². The zero-order chi connectivity index (χ0) is 15.7. The van der Waals surface area contributed by atoms with Gasteiger partial charge in [0.15, 0.2) is 5.43 Å². The maximum atomic E-state index is 11.6. The molecule has 0 radical (unpaired) electrons. The van der Waals surface area contributed by atoms with Crippen LogP contribution in [0.2, 0.25) is 0 Å². The van der Waals surface area contributed by atoms with Crippen molar-refractivity contribution in [2.45, 2.75) is 0 Å². The molecule has 0 atom stereocenters. The van der Waals surface area contributed by atoms with Crippen molar-refractivity contribution in [2.24, 2.45) is 10.3 Å². The van der Waals surface area contributed by atoms with E-state index in [2.05, 4.69) is 10.3 Å². The summed E-state index contributed by atoms with van der Waals surface area (Å²) in [6.45, 7) is 0. The van der Waals surface area contributed by atoms with Crippen molar-refractivity contribution in [3.05, 3.63) is 69.0 Å². The number of hydrogen-bond acceptors (Lipinski definition) is 6. The largest absolute Gasteiger partial charge is 0.410 e. The van der Waals surface area contributed by atoms with E-state index < -0.39 is 0 Å². The zero-order valence-electron chi connectivity index (χ0n) is 11.4. The Hall–Kier alpha value is -3.28. The summed E-state index contributed by atoms with van der Waals surface area (Å²) in [4.78, 5) is 22.3. The van der Waals surface area contributed by atoms with Gasteiger partial charge in [-0.25, -0.2) is 0 Å². The van der Waals surface area contributed by atoms with Crippen LogP contribution in [0.15, 0.2) is 63.7 Å². The van der Waals surface area contributed by atoms with Crippen LogP contribution in [0, 0.1) is 4.91 Å². The fourth-order valence-corrected chi connectivity index (χ4v) is 2.41. The van der Waals surface area contributed by atoms with Crippen LogP contribution in [-0.2, 0) is 0 Å². The number of nitrogen functional groups attached to an aromatic ring is 1. The number of nitrogens with zero attached hydrogens (tertiary/aromatic N) is 2. The quantitative estimate of drug-likeness (QED) is 0.408. The number of fused-ring (bicyclic) bond motifs is 2. The summed E-state index contributed by atoms with van der Waals surface area (Å²) in [7, 11) is 0. The molecule has 22 heavy (non-hydrogen) atoms. The first kappa shape index (κ1) is 13.7. The van der Waals surface area contributed by atoms with Gasteiger partial charge in [-0.05, 0) is 52.5 Å². The molecule has 2 aliphatic carbocycles. The molecule has 108 valence electrons. The number of rotatable bonds is 1. The van der Waals surface area contributed by atoms with Gasteiger partial charge >= 0.3 is 0 Å². The Bertz CT molecular complexity index is 999. The van der Waals surface area contributed by atoms with Crippen LogP contribution < -0.4 is 16.5 Å². The highest BCUT2D eigenvalue weighted by Crippen LogP contribution is 2.27. The predicted octanol–water partition coefficient (Wildman–Crippen LogP) is 2.57. The van der Waals surface area contributed by atoms with Crippen LogP contribution in [-0.4, -0.2) is 5.21 Å². The van der Waals surface area contributed by atoms with Crippen LogP contribution in [0.25, 0.3) is 21.9 Å². The molecule has 0 spiro atoms. The highest BCUT2D eigenvalue weighted by Gasteiger charge is 2.07. The molecular formula is C16H11N3O3. The molecular weight excluding hydrogens is 282 g/mol. The number of nitrogens with two attached hydrogens (primary N) is 1. The Morgan fingerprint density at radius 1 is 1.00 bits per heavy atom. The summed E-state index contributed by atoms with van der Waals surface area (Å²) < 4.78 is 0. The minimum absolute atomic E-state index is 0.193. The highest BCUT2D eigenvalue weighted by atomic mass is 16.4. The third kappa shape index (κ3) is 2.26. The van der Waals surface area contributed by atoms with E-state index in [9.17, 15) is 14.9 Å². The minimum Gasteiger partial charge on any atom is -0.410 e. The first-order valence-electron chi connectivity index (χ1n) is 6.45. The van der Waals surface area contributed by atoms with Crippen LogP contribution in [0.1, 0.15) is 0 Å². The number of benzene rings is 2. The molecule has 0 aromatic heterocycles. The van der Waals surface area contributed by atoms with Gasteiger partial charge in [0.25, 0.3) is 0 Å². The van der Waals surface area contributed by atoms with Gasteiger partial charge in [0.2, 0.25) is 0 Å². The van der Waals surface area contributed by atoms with Crippen molar-refractivity contribution in [3.63, 3.8) is 0 Å².